The number of esters is 1. The first-order valence-corrected chi connectivity index (χ1v) is 10.8. The zero-order valence-corrected chi connectivity index (χ0v) is 17.9. The van der Waals surface area contributed by atoms with Crippen LogP contribution < -0.4 is 10.6 Å². The van der Waals surface area contributed by atoms with Crippen LogP contribution in [-0.2, 0) is 11.2 Å². The molecule has 0 unspecified atom stereocenters. The summed E-state index contributed by atoms with van der Waals surface area (Å²) in [5, 5.41) is 7.60. The number of thiophene rings is 1. The predicted molar refractivity (Wildman–Crippen MR) is 125 cm³/mol. The second kappa shape index (κ2) is 10.7. The van der Waals surface area contributed by atoms with Crippen molar-refractivity contribution in [1.29, 1.82) is 0 Å². The Morgan fingerprint density at radius 2 is 1.76 bits per heavy atom. The van der Waals surface area contributed by atoms with Gasteiger partial charge in [-0.05, 0) is 49.2 Å². The Balaban J connectivity index is 1.62. The molecule has 4 nitrogen and oxygen atoms in total. The fraction of sp³-hybridized carbons (Fsp3) is 0.217. The van der Waals surface area contributed by atoms with Crippen LogP contribution in [0.2, 0.25) is 0 Å². The van der Waals surface area contributed by atoms with E-state index in [0.717, 1.165) is 29.8 Å². The molecule has 2 aromatic carbocycles. The van der Waals surface area contributed by atoms with Gasteiger partial charge in [-0.25, -0.2) is 4.79 Å². The van der Waals surface area contributed by atoms with Gasteiger partial charge in [0.2, 0.25) is 0 Å². The van der Waals surface area contributed by atoms with Gasteiger partial charge >= 0.3 is 5.97 Å². The average Bonchev–Trinajstić information content (AvgIpc) is 3.17. The minimum Gasteiger partial charge on any atom is -0.462 e. The molecule has 0 radical (unpaired) electrons. The van der Waals surface area contributed by atoms with Crippen LogP contribution in [-0.4, -0.2) is 24.2 Å². The van der Waals surface area contributed by atoms with Crippen molar-refractivity contribution >= 4 is 39.6 Å². The van der Waals surface area contributed by atoms with E-state index in [1.54, 1.807) is 6.92 Å². The Kier molecular flexibility index (Phi) is 7.78. The van der Waals surface area contributed by atoms with Crippen LogP contribution in [0.15, 0.2) is 66.7 Å². The second-order valence-corrected chi connectivity index (χ2v) is 7.87. The van der Waals surface area contributed by atoms with Gasteiger partial charge in [0.1, 0.15) is 5.00 Å². The van der Waals surface area contributed by atoms with Crippen LogP contribution in [0, 0.1) is 0 Å². The number of benzene rings is 2. The fourth-order valence-corrected chi connectivity index (χ4v) is 4.20. The summed E-state index contributed by atoms with van der Waals surface area (Å²) >= 11 is 6.93. The summed E-state index contributed by atoms with van der Waals surface area (Å²) in [6.07, 6.45) is 1.96. The third-order valence-corrected chi connectivity index (χ3v) is 5.63. The second-order valence-electron chi connectivity index (χ2n) is 6.41. The highest BCUT2D eigenvalue weighted by Crippen LogP contribution is 2.35. The molecule has 3 rings (SSSR count). The summed E-state index contributed by atoms with van der Waals surface area (Å²) in [4.78, 5) is 13.4. The average molecular weight is 425 g/mol. The molecule has 0 aliphatic carbocycles. The van der Waals surface area contributed by atoms with Gasteiger partial charge in [0, 0.05) is 11.4 Å². The molecule has 0 amide bonds. The van der Waals surface area contributed by atoms with E-state index >= 15 is 0 Å². The summed E-state index contributed by atoms with van der Waals surface area (Å²) < 4.78 is 5.21. The predicted octanol–water partition coefficient (Wildman–Crippen LogP) is 5.51. The van der Waals surface area contributed by atoms with Gasteiger partial charge < -0.3 is 15.4 Å². The standard InChI is InChI=1S/C23H24N2O2S2/c1-2-27-22(26)19-16-20(18-13-7-4-8-14-18)29-21(19)25-23(28)24-15-9-12-17-10-5-3-6-11-17/h3-8,10-11,13-14,16H,2,9,12,15H2,1H3,(H2,24,25,28). The molecule has 0 aliphatic heterocycles. The summed E-state index contributed by atoms with van der Waals surface area (Å²) in [6, 6.07) is 22.2. The van der Waals surface area contributed by atoms with Gasteiger partial charge in [-0.1, -0.05) is 60.7 Å². The molecule has 6 heteroatoms. The van der Waals surface area contributed by atoms with Crippen molar-refractivity contribution in [2.75, 3.05) is 18.5 Å². The third-order valence-electron chi connectivity index (χ3n) is 4.28. The van der Waals surface area contributed by atoms with Gasteiger partial charge in [-0.15, -0.1) is 11.3 Å². The normalized spacial score (nSPS) is 10.4. The number of carbonyl (C=O) groups excluding carboxylic acids is 1. The van der Waals surface area contributed by atoms with Crippen LogP contribution in [0.3, 0.4) is 0 Å². The zero-order chi connectivity index (χ0) is 20.5. The molecule has 3 aromatic rings. The Morgan fingerprint density at radius 1 is 1.07 bits per heavy atom. The molecule has 0 spiro atoms. The highest BCUT2D eigenvalue weighted by molar-refractivity contribution is 7.80. The van der Waals surface area contributed by atoms with E-state index in [0.29, 0.717) is 22.3 Å². The van der Waals surface area contributed by atoms with Gasteiger partial charge in [0.25, 0.3) is 0 Å². The third kappa shape index (κ3) is 6.14. The number of thiocarbonyl (C=S) groups is 1. The maximum absolute atomic E-state index is 12.4. The molecule has 150 valence electrons. The minimum absolute atomic E-state index is 0.330. The van der Waals surface area contributed by atoms with E-state index in [1.165, 1.54) is 16.9 Å². The number of aryl methyl sites for hydroxylation is 1. The SMILES string of the molecule is CCOC(=O)c1cc(-c2ccccc2)sc1NC(=S)NCCCc1ccccc1. The number of hydrogen-bond donors (Lipinski definition) is 2. The van der Waals surface area contributed by atoms with E-state index in [1.807, 2.05) is 54.6 Å². The van der Waals surface area contributed by atoms with E-state index < -0.39 is 0 Å². The van der Waals surface area contributed by atoms with Crippen LogP contribution in [0.5, 0.6) is 0 Å². The Bertz CT molecular complexity index is 940. The lowest BCUT2D eigenvalue weighted by atomic mass is 10.1. The van der Waals surface area contributed by atoms with Crippen molar-refractivity contribution in [1.82, 2.24) is 5.32 Å². The number of carbonyl (C=O) groups is 1. The summed E-state index contributed by atoms with van der Waals surface area (Å²) in [6.45, 7) is 2.89. The van der Waals surface area contributed by atoms with E-state index in [4.69, 9.17) is 17.0 Å². The van der Waals surface area contributed by atoms with Crippen LogP contribution in [0.4, 0.5) is 5.00 Å². The van der Waals surface area contributed by atoms with E-state index in [9.17, 15) is 4.79 Å². The van der Waals surface area contributed by atoms with Crippen LogP contribution in [0.25, 0.3) is 10.4 Å². The van der Waals surface area contributed by atoms with Gasteiger partial charge in [0.15, 0.2) is 5.11 Å². The Hall–Kier alpha value is -2.70. The highest BCUT2D eigenvalue weighted by Gasteiger charge is 2.18. The number of anilines is 1. The molecule has 0 atom stereocenters. The topological polar surface area (TPSA) is 50.4 Å². The van der Waals surface area contributed by atoms with Crippen molar-refractivity contribution < 1.29 is 9.53 Å². The van der Waals surface area contributed by atoms with Gasteiger partial charge in [0.05, 0.1) is 12.2 Å². The first kappa shape index (κ1) is 21.0. The van der Waals surface area contributed by atoms with Gasteiger partial charge in [-0.2, -0.15) is 0 Å². The Morgan fingerprint density at radius 3 is 2.45 bits per heavy atom. The minimum atomic E-state index is -0.347. The Labute approximate surface area is 180 Å². The number of nitrogens with one attached hydrogen (secondary N) is 2. The molecule has 0 fully saturated rings. The first-order valence-electron chi connectivity index (χ1n) is 9.62. The molecule has 29 heavy (non-hydrogen) atoms. The maximum atomic E-state index is 12.4. The molecule has 0 bridgehead atoms. The maximum Gasteiger partial charge on any atom is 0.341 e. The summed E-state index contributed by atoms with van der Waals surface area (Å²) in [5.74, 6) is -0.347. The molecule has 2 N–H and O–H groups in total. The lowest BCUT2D eigenvalue weighted by molar-refractivity contribution is 0.0528. The van der Waals surface area contributed by atoms with Crippen molar-refractivity contribution in [2.45, 2.75) is 19.8 Å². The van der Waals surface area contributed by atoms with Crippen molar-refractivity contribution in [3.05, 3.63) is 77.9 Å². The lowest BCUT2D eigenvalue weighted by Gasteiger charge is -2.10. The molecule has 0 saturated carbocycles. The fourth-order valence-electron chi connectivity index (χ4n) is 2.88. The largest absolute Gasteiger partial charge is 0.462 e. The molecule has 1 heterocycles. The molecular formula is C23H24N2O2S2. The quantitative estimate of drug-likeness (QED) is 0.284. The van der Waals surface area contributed by atoms with Gasteiger partial charge in [-0.3, -0.25) is 0 Å². The smallest absolute Gasteiger partial charge is 0.341 e. The number of ether oxygens (including phenoxy) is 1. The van der Waals surface area contributed by atoms with E-state index in [-0.39, 0.29) is 5.97 Å². The van der Waals surface area contributed by atoms with Crippen LogP contribution >= 0.6 is 23.6 Å². The van der Waals surface area contributed by atoms with E-state index in [2.05, 4.69) is 22.8 Å². The molecule has 0 aliphatic rings. The molecular weight excluding hydrogens is 400 g/mol. The summed E-state index contributed by atoms with van der Waals surface area (Å²) in [5.41, 5.74) is 2.87. The monoisotopic (exact) mass is 424 g/mol. The van der Waals surface area contributed by atoms with Crippen molar-refractivity contribution in [3.8, 4) is 10.4 Å². The zero-order valence-electron chi connectivity index (χ0n) is 16.3. The summed E-state index contributed by atoms with van der Waals surface area (Å²) in [7, 11) is 0. The molecule has 1 aromatic heterocycles. The lowest BCUT2D eigenvalue weighted by Crippen LogP contribution is -2.29. The van der Waals surface area contributed by atoms with Crippen LogP contribution in [0.1, 0.15) is 29.3 Å². The number of hydrogen-bond acceptors (Lipinski definition) is 4. The molecule has 0 saturated heterocycles. The first-order chi connectivity index (χ1) is 14.2. The highest BCUT2D eigenvalue weighted by atomic mass is 32.1. The van der Waals surface area contributed by atoms with Crippen molar-refractivity contribution in [3.63, 3.8) is 0 Å². The van der Waals surface area contributed by atoms with Crippen molar-refractivity contribution in [2.24, 2.45) is 0 Å². The number of rotatable bonds is 8.